The first kappa shape index (κ1) is 24.4. The molecule has 0 amide bonds. The van der Waals surface area contributed by atoms with E-state index >= 15 is 0 Å². The molecular formula is C30H34N2O3. The molecule has 3 aromatic carbocycles. The maximum atomic E-state index is 6.17. The molecule has 0 aliphatic carbocycles. The Kier molecular flexibility index (Phi) is 8.09. The Hall–Kier alpha value is -3.73. The van der Waals surface area contributed by atoms with Crippen molar-refractivity contribution < 1.29 is 14.2 Å². The van der Waals surface area contributed by atoms with Crippen molar-refractivity contribution >= 4 is 17.1 Å². The van der Waals surface area contributed by atoms with Crippen LogP contribution in [0.4, 0.5) is 0 Å². The fourth-order valence-electron chi connectivity index (χ4n) is 4.31. The number of nitrogens with zero attached hydrogens (tertiary/aromatic N) is 2. The van der Waals surface area contributed by atoms with Crippen LogP contribution in [0, 0.1) is 13.8 Å². The summed E-state index contributed by atoms with van der Waals surface area (Å²) in [7, 11) is 1.66. The second-order valence-electron chi connectivity index (χ2n) is 8.75. The zero-order valence-electron chi connectivity index (χ0n) is 21.1. The average molecular weight is 471 g/mol. The van der Waals surface area contributed by atoms with Crippen LogP contribution < -0.4 is 14.2 Å². The van der Waals surface area contributed by atoms with Crippen LogP contribution in [0.15, 0.2) is 66.7 Å². The molecule has 0 aliphatic rings. The fraction of sp³-hybridized carbons (Fsp3) is 0.300. The lowest BCUT2D eigenvalue weighted by molar-refractivity contribution is 0.269. The Bertz CT molecular complexity index is 1290. The largest absolute Gasteiger partial charge is 0.494 e. The quantitative estimate of drug-likeness (QED) is 0.219. The van der Waals surface area contributed by atoms with E-state index in [1.165, 1.54) is 11.1 Å². The average Bonchev–Trinajstić information content (AvgIpc) is 3.20. The maximum absolute atomic E-state index is 6.17. The standard InChI is InChI=1S/C30H34N2O3/c1-5-10-24-13-14-28(29(20-24)33-4)35-21-30-31-26-11-6-7-12-27(26)32(30)15-8-9-16-34-25-18-22(2)17-23(3)19-25/h5-7,10-14,17-20H,8-9,15-16,21H2,1-4H3/b10-5-. The minimum atomic E-state index is 0.368. The van der Waals surface area contributed by atoms with E-state index in [1.54, 1.807) is 7.11 Å². The number of unbranched alkanes of at least 4 members (excludes halogenated alkanes) is 1. The van der Waals surface area contributed by atoms with E-state index < -0.39 is 0 Å². The lowest BCUT2D eigenvalue weighted by atomic mass is 10.1. The number of hydrogen-bond acceptors (Lipinski definition) is 4. The van der Waals surface area contributed by atoms with Crippen LogP contribution in [0.1, 0.15) is 42.3 Å². The second-order valence-corrected chi connectivity index (χ2v) is 8.75. The van der Waals surface area contributed by atoms with Gasteiger partial charge in [-0.05, 0) is 86.7 Å². The number of hydrogen-bond donors (Lipinski definition) is 0. The van der Waals surface area contributed by atoms with E-state index in [4.69, 9.17) is 19.2 Å². The molecule has 0 spiro atoms. The number of rotatable bonds is 11. The molecule has 0 aliphatic heterocycles. The highest BCUT2D eigenvalue weighted by molar-refractivity contribution is 5.75. The summed E-state index contributed by atoms with van der Waals surface area (Å²) in [6.45, 7) is 8.10. The molecule has 35 heavy (non-hydrogen) atoms. The van der Waals surface area contributed by atoms with Gasteiger partial charge in [0.25, 0.3) is 0 Å². The second kappa shape index (κ2) is 11.6. The van der Waals surface area contributed by atoms with Crippen LogP contribution in [0.5, 0.6) is 17.2 Å². The molecule has 0 bridgehead atoms. The number of ether oxygens (including phenoxy) is 3. The first-order valence-electron chi connectivity index (χ1n) is 12.2. The monoisotopic (exact) mass is 470 g/mol. The van der Waals surface area contributed by atoms with Gasteiger partial charge in [0.05, 0.1) is 24.8 Å². The molecule has 4 aromatic rings. The van der Waals surface area contributed by atoms with Gasteiger partial charge in [0, 0.05) is 6.54 Å². The molecule has 0 atom stereocenters. The molecule has 0 N–H and O–H groups in total. The van der Waals surface area contributed by atoms with E-state index in [9.17, 15) is 0 Å². The summed E-state index contributed by atoms with van der Waals surface area (Å²) < 4.78 is 20.0. The predicted octanol–water partition coefficient (Wildman–Crippen LogP) is 7.13. The van der Waals surface area contributed by atoms with Crippen LogP contribution in [0.25, 0.3) is 17.1 Å². The molecule has 0 unspecified atom stereocenters. The lowest BCUT2D eigenvalue weighted by Gasteiger charge is -2.13. The van der Waals surface area contributed by atoms with Gasteiger partial charge < -0.3 is 18.8 Å². The molecule has 0 radical (unpaired) electrons. The zero-order chi connectivity index (χ0) is 24.6. The third kappa shape index (κ3) is 6.24. The van der Waals surface area contributed by atoms with E-state index in [1.807, 2.05) is 49.4 Å². The van der Waals surface area contributed by atoms with Gasteiger partial charge >= 0.3 is 0 Å². The summed E-state index contributed by atoms with van der Waals surface area (Å²) >= 11 is 0. The fourth-order valence-corrected chi connectivity index (χ4v) is 4.31. The Balaban J connectivity index is 1.41. The van der Waals surface area contributed by atoms with Crippen molar-refractivity contribution in [1.82, 2.24) is 9.55 Å². The molecule has 1 aromatic heterocycles. The minimum absolute atomic E-state index is 0.368. The van der Waals surface area contributed by atoms with Gasteiger partial charge in [-0.3, -0.25) is 0 Å². The molecule has 5 heteroatoms. The number of fused-ring (bicyclic) bond motifs is 1. The first-order chi connectivity index (χ1) is 17.1. The molecule has 0 saturated carbocycles. The highest BCUT2D eigenvalue weighted by atomic mass is 16.5. The Labute approximate surface area is 208 Å². The summed E-state index contributed by atoms with van der Waals surface area (Å²) in [4.78, 5) is 4.85. The van der Waals surface area contributed by atoms with E-state index in [-0.39, 0.29) is 0 Å². The highest BCUT2D eigenvalue weighted by Crippen LogP contribution is 2.30. The van der Waals surface area contributed by atoms with Crippen molar-refractivity contribution in [2.75, 3.05) is 13.7 Å². The number of para-hydroxylation sites is 2. The van der Waals surface area contributed by atoms with Crippen molar-refractivity contribution in [2.45, 2.75) is 46.8 Å². The summed E-state index contributed by atoms with van der Waals surface area (Å²) in [5, 5.41) is 0. The van der Waals surface area contributed by atoms with Gasteiger partial charge in [0.15, 0.2) is 11.5 Å². The third-order valence-electron chi connectivity index (χ3n) is 5.88. The number of methoxy groups -OCH3 is 1. The third-order valence-corrected chi connectivity index (χ3v) is 5.88. The Morgan fingerprint density at radius 3 is 2.46 bits per heavy atom. The number of aryl methyl sites for hydroxylation is 3. The van der Waals surface area contributed by atoms with Crippen LogP contribution in [-0.4, -0.2) is 23.3 Å². The van der Waals surface area contributed by atoms with Gasteiger partial charge in [-0.25, -0.2) is 4.98 Å². The van der Waals surface area contributed by atoms with Crippen LogP contribution >= 0.6 is 0 Å². The maximum Gasteiger partial charge on any atom is 0.161 e. The van der Waals surface area contributed by atoms with Gasteiger partial charge in [0.2, 0.25) is 0 Å². The summed E-state index contributed by atoms with van der Waals surface area (Å²) in [6, 6.07) is 20.5. The topological polar surface area (TPSA) is 45.5 Å². The minimum Gasteiger partial charge on any atom is -0.494 e. The zero-order valence-corrected chi connectivity index (χ0v) is 21.1. The van der Waals surface area contributed by atoms with Gasteiger partial charge in [-0.15, -0.1) is 0 Å². The normalized spacial score (nSPS) is 11.3. The first-order valence-corrected chi connectivity index (χ1v) is 12.2. The number of aromatic nitrogens is 2. The Morgan fingerprint density at radius 1 is 0.886 bits per heavy atom. The predicted molar refractivity (Wildman–Crippen MR) is 142 cm³/mol. The molecule has 182 valence electrons. The van der Waals surface area contributed by atoms with Crippen molar-refractivity contribution in [3.8, 4) is 17.2 Å². The molecule has 4 rings (SSSR count). The van der Waals surface area contributed by atoms with Crippen molar-refractivity contribution in [3.63, 3.8) is 0 Å². The van der Waals surface area contributed by atoms with E-state index in [0.717, 1.165) is 47.6 Å². The molecule has 0 fully saturated rings. The highest BCUT2D eigenvalue weighted by Gasteiger charge is 2.13. The van der Waals surface area contributed by atoms with Crippen molar-refractivity contribution in [3.05, 3.63) is 89.3 Å². The van der Waals surface area contributed by atoms with E-state index in [0.29, 0.717) is 24.7 Å². The SMILES string of the molecule is C/C=C\c1ccc(OCc2nc3ccccc3n2CCCCOc2cc(C)cc(C)c2)c(OC)c1. The smallest absolute Gasteiger partial charge is 0.161 e. The van der Waals surface area contributed by atoms with Crippen LogP contribution in [-0.2, 0) is 13.2 Å². The van der Waals surface area contributed by atoms with Gasteiger partial charge in [-0.2, -0.15) is 0 Å². The lowest BCUT2D eigenvalue weighted by Crippen LogP contribution is -2.09. The van der Waals surface area contributed by atoms with Gasteiger partial charge in [0.1, 0.15) is 18.2 Å². The van der Waals surface area contributed by atoms with Crippen LogP contribution in [0.2, 0.25) is 0 Å². The van der Waals surface area contributed by atoms with Crippen LogP contribution in [0.3, 0.4) is 0 Å². The van der Waals surface area contributed by atoms with Crippen molar-refractivity contribution in [1.29, 1.82) is 0 Å². The summed E-state index contributed by atoms with van der Waals surface area (Å²) in [5.41, 5.74) is 5.63. The van der Waals surface area contributed by atoms with E-state index in [2.05, 4.69) is 48.7 Å². The number of benzene rings is 3. The van der Waals surface area contributed by atoms with Crippen molar-refractivity contribution in [2.24, 2.45) is 0 Å². The number of allylic oxidation sites excluding steroid dienone is 1. The summed E-state index contributed by atoms with van der Waals surface area (Å²) in [5.74, 6) is 3.27. The number of imidazole rings is 1. The molecule has 1 heterocycles. The molecular weight excluding hydrogens is 436 g/mol. The molecule has 5 nitrogen and oxygen atoms in total. The molecule has 0 saturated heterocycles. The van der Waals surface area contributed by atoms with Gasteiger partial charge in [-0.1, -0.05) is 36.4 Å². The summed E-state index contributed by atoms with van der Waals surface area (Å²) in [6.07, 6.45) is 5.99. The Morgan fingerprint density at radius 2 is 1.69 bits per heavy atom.